The first kappa shape index (κ1) is 13.5. The van der Waals surface area contributed by atoms with E-state index in [9.17, 15) is 0 Å². The molecule has 18 heavy (non-hydrogen) atoms. The average Bonchev–Trinajstić information content (AvgIpc) is 2.46. The van der Waals surface area contributed by atoms with Crippen molar-refractivity contribution in [2.24, 2.45) is 5.73 Å². The number of nitrogens with one attached hydrogen (secondary N) is 1. The zero-order valence-electron chi connectivity index (χ0n) is 11.2. The second kappa shape index (κ2) is 6.32. The lowest BCUT2D eigenvalue weighted by Gasteiger charge is -2.41. The lowest BCUT2D eigenvalue weighted by molar-refractivity contribution is -0.0284. The van der Waals surface area contributed by atoms with Gasteiger partial charge < -0.3 is 15.8 Å². The zero-order valence-corrected chi connectivity index (χ0v) is 11.2. The average molecular weight is 248 g/mol. The van der Waals surface area contributed by atoms with E-state index in [0.717, 1.165) is 32.4 Å². The fourth-order valence-corrected chi connectivity index (χ4v) is 2.58. The third-order valence-electron chi connectivity index (χ3n) is 3.91. The number of rotatable bonds is 5. The predicted octanol–water partition coefficient (Wildman–Crippen LogP) is 2.06. The molecule has 1 aliphatic rings. The lowest BCUT2D eigenvalue weighted by Crippen LogP contribution is -2.56. The molecule has 1 aliphatic heterocycles. The summed E-state index contributed by atoms with van der Waals surface area (Å²) in [6, 6.07) is 10.5. The molecule has 0 bridgehead atoms. The molecule has 1 heterocycles. The highest BCUT2D eigenvalue weighted by Gasteiger charge is 2.34. The van der Waals surface area contributed by atoms with Crippen molar-refractivity contribution in [2.45, 2.75) is 44.4 Å². The van der Waals surface area contributed by atoms with Crippen LogP contribution in [0.3, 0.4) is 0 Å². The van der Waals surface area contributed by atoms with Crippen molar-refractivity contribution < 1.29 is 4.74 Å². The molecule has 2 unspecified atom stereocenters. The number of hydrogen-bond donors (Lipinski definition) is 2. The second-order valence-electron chi connectivity index (χ2n) is 5.18. The van der Waals surface area contributed by atoms with Gasteiger partial charge in [-0.15, -0.1) is 0 Å². The molecule has 1 aromatic rings. The maximum absolute atomic E-state index is 6.00. The van der Waals surface area contributed by atoms with Crippen LogP contribution >= 0.6 is 0 Å². The summed E-state index contributed by atoms with van der Waals surface area (Å²) in [6.45, 7) is 4.56. The van der Waals surface area contributed by atoms with Gasteiger partial charge in [0.1, 0.15) is 0 Å². The van der Waals surface area contributed by atoms with Gasteiger partial charge in [0.05, 0.1) is 6.10 Å². The normalized spacial score (nSPS) is 28.2. The van der Waals surface area contributed by atoms with Crippen molar-refractivity contribution in [1.82, 2.24) is 5.32 Å². The van der Waals surface area contributed by atoms with Gasteiger partial charge in [-0.25, -0.2) is 0 Å². The van der Waals surface area contributed by atoms with Gasteiger partial charge in [-0.1, -0.05) is 37.3 Å². The van der Waals surface area contributed by atoms with Gasteiger partial charge in [0, 0.05) is 25.2 Å². The van der Waals surface area contributed by atoms with E-state index < -0.39 is 0 Å². The van der Waals surface area contributed by atoms with Crippen LogP contribution in [-0.2, 0) is 11.3 Å². The maximum atomic E-state index is 6.00. The molecule has 0 aromatic heterocycles. The lowest BCUT2D eigenvalue weighted by atomic mass is 9.85. The van der Waals surface area contributed by atoms with Crippen LogP contribution in [0.5, 0.6) is 0 Å². The summed E-state index contributed by atoms with van der Waals surface area (Å²) in [5.41, 5.74) is 7.36. The highest BCUT2D eigenvalue weighted by Crippen LogP contribution is 2.26. The fraction of sp³-hybridized carbons (Fsp3) is 0.600. The van der Waals surface area contributed by atoms with Gasteiger partial charge in [-0.05, 0) is 24.8 Å². The van der Waals surface area contributed by atoms with Gasteiger partial charge in [-0.3, -0.25) is 0 Å². The molecule has 0 amide bonds. The van der Waals surface area contributed by atoms with Crippen molar-refractivity contribution in [3.8, 4) is 0 Å². The Bertz CT molecular complexity index is 355. The molecule has 1 fully saturated rings. The fourth-order valence-electron chi connectivity index (χ4n) is 2.58. The van der Waals surface area contributed by atoms with E-state index in [4.69, 9.17) is 10.5 Å². The Morgan fingerprint density at radius 2 is 2.17 bits per heavy atom. The monoisotopic (exact) mass is 248 g/mol. The Morgan fingerprint density at radius 1 is 1.39 bits per heavy atom. The van der Waals surface area contributed by atoms with Crippen LogP contribution in [0, 0.1) is 0 Å². The van der Waals surface area contributed by atoms with Gasteiger partial charge in [0.25, 0.3) is 0 Å². The smallest absolute Gasteiger partial charge is 0.0590 e. The molecule has 1 aromatic carbocycles. The van der Waals surface area contributed by atoms with E-state index in [-0.39, 0.29) is 5.54 Å². The van der Waals surface area contributed by atoms with Gasteiger partial charge in [0.2, 0.25) is 0 Å². The quantitative estimate of drug-likeness (QED) is 0.838. The Kier molecular flexibility index (Phi) is 4.75. The first-order valence-electron chi connectivity index (χ1n) is 6.88. The summed E-state index contributed by atoms with van der Waals surface area (Å²) in [7, 11) is 0. The Hall–Kier alpha value is -0.900. The van der Waals surface area contributed by atoms with Crippen LogP contribution in [0.1, 0.15) is 31.7 Å². The molecule has 0 aliphatic carbocycles. The van der Waals surface area contributed by atoms with Gasteiger partial charge in [-0.2, -0.15) is 0 Å². The Morgan fingerprint density at radius 3 is 2.83 bits per heavy atom. The largest absolute Gasteiger partial charge is 0.378 e. The van der Waals surface area contributed by atoms with Crippen molar-refractivity contribution in [2.75, 3.05) is 13.2 Å². The minimum atomic E-state index is 0.0504. The van der Waals surface area contributed by atoms with Crippen molar-refractivity contribution in [3.05, 3.63) is 35.9 Å². The van der Waals surface area contributed by atoms with Crippen LogP contribution in [0.15, 0.2) is 30.3 Å². The first-order valence-corrected chi connectivity index (χ1v) is 6.88. The minimum absolute atomic E-state index is 0.0504. The summed E-state index contributed by atoms with van der Waals surface area (Å²) in [6.07, 6.45) is 3.44. The number of benzene rings is 1. The molecular weight excluding hydrogens is 224 g/mol. The molecular formula is C15H24N2O. The Balaban J connectivity index is 1.95. The molecule has 0 radical (unpaired) electrons. The van der Waals surface area contributed by atoms with Crippen molar-refractivity contribution in [1.29, 1.82) is 0 Å². The van der Waals surface area contributed by atoms with Gasteiger partial charge >= 0.3 is 0 Å². The van der Waals surface area contributed by atoms with E-state index in [2.05, 4.69) is 36.5 Å². The first-order chi connectivity index (χ1) is 8.78. The molecule has 0 saturated carbocycles. The molecule has 3 heteroatoms. The van der Waals surface area contributed by atoms with E-state index in [0.29, 0.717) is 12.6 Å². The third kappa shape index (κ3) is 3.31. The standard InChI is InChI=1S/C15H24N2O/c1-2-14-10-15(12-16,8-9-18-14)17-11-13-6-4-3-5-7-13/h3-7,14,17H,2,8-12,16H2,1H3. The topological polar surface area (TPSA) is 47.3 Å². The Labute approximate surface area is 110 Å². The minimum Gasteiger partial charge on any atom is -0.378 e. The zero-order chi connectivity index (χ0) is 12.8. The summed E-state index contributed by atoms with van der Waals surface area (Å²) in [5.74, 6) is 0. The third-order valence-corrected chi connectivity index (χ3v) is 3.91. The SMILES string of the molecule is CCC1CC(CN)(NCc2ccccc2)CCO1. The van der Waals surface area contributed by atoms with Crippen LogP contribution in [0.4, 0.5) is 0 Å². The predicted molar refractivity (Wildman–Crippen MR) is 74.3 cm³/mol. The second-order valence-corrected chi connectivity index (χ2v) is 5.18. The van der Waals surface area contributed by atoms with Gasteiger partial charge in [0.15, 0.2) is 0 Å². The van der Waals surface area contributed by atoms with E-state index in [1.807, 2.05) is 6.07 Å². The molecule has 1 saturated heterocycles. The highest BCUT2D eigenvalue weighted by molar-refractivity contribution is 5.15. The number of hydrogen-bond acceptors (Lipinski definition) is 3. The summed E-state index contributed by atoms with van der Waals surface area (Å²) >= 11 is 0. The van der Waals surface area contributed by atoms with E-state index in [1.165, 1.54) is 5.56 Å². The molecule has 2 atom stereocenters. The summed E-state index contributed by atoms with van der Waals surface area (Å²) < 4.78 is 5.74. The van der Waals surface area contributed by atoms with Crippen LogP contribution in [0.2, 0.25) is 0 Å². The van der Waals surface area contributed by atoms with Crippen LogP contribution < -0.4 is 11.1 Å². The van der Waals surface area contributed by atoms with Crippen LogP contribution in [-0.4, -0.2) is 24.8 Å². The molecule has 0 spiro atoms. The van der Waals surface area contributed by atoms with Crippen LogP contribution in [0.25, 0.3) is 0 Å². The van der Waals surface area contributed by atoms with E-state index in [1.54, 1.807) is 0 Å². The molecule has 3 N–H and O–H groups in total. The molecule has 2 rings (SSSR count). The highest BCUT2D eigenvalue weighted by atomic mass is 16.5. The van der Waals surface area contributed by atoms with Crippen molar-refractivity contribution in [3.63, 3.8) is 0 Å². The maximum Gasteiger partial charge on any atom is 0.0590 e. The molecule has 100 valence electrons. The van der Waals surface area contributed by atoms with Crippen molar-refractivity contribution >= 4 is 0 Å². The number of ether oxygens (including phenoxy) is 1. The summed E-state index contributed by atoms with van der Waals surface area (Å²) in [4.78, 5) is 0. The molecule has 3 nitrogen and oxygen atoms in total. The number of nitrogens with two attached hydrogens (primary N) is 1. The van der Waals surface area contributed by atoms with E-state index >= 15 is 0 Å². The summed E-state index contributed by atoms with van der Waals surface area (Å²) in [5, 5.41) is 3.66.